The van der Waals surface area contributed by atoms with E-state index in [4.69, 9.17) is 17.1 Å². The standard InChI is InChI=1S/C20H21N9/c1-3-5-27-13-20(12-21,14-27)29-11-16(9-24-29)19-25-17(15-8-23-26(2)10-15)7-18-22-4-6-28(18)19/h1,4,6-11H,5,12-14,21H2,2H3. The summed E-state index contributed by atoms with van der Waals surface area (Å²) in [6, 6.07) is 1.95. The predicted octanol–water partition coefficient (Wildman–Crippen LogP) is 0.596. The summed E-state index contributed by atoms with van der Waals surface area (Å²) in [6.45, 7) is 2.70. The molecule has 2 N–H and O–H groups in total. The van der Waals surface area contributed by atoms with E-state index in [0.29, 0.717) is 13.1 Å². The van der Waals surface area contributed by atoms with E-state index in [9.17, 15) is 0 Å². The van der Waals surface area contributed by atoms with Gasteiger partial charge in [0.05, 0.1) is 30.2 Å². The van der Waals surface area contributed by atoms with Crippen LogP contribution in [0.25, 0.3) is 28.3 Å². The van der Waals surface area contributed by atoms with Crippen LogP contribution in [0.2, 0.25) is 0 Å². The summed E-state index contributed by atoms with van der Waals surface area (Å²) in [4.78, 5) is 11.5. The highest BCUT2D eigenvalue weighted by Gasteiger charge is 2.44. The van der Waals surface area contributed by atoms with Crippen molar-refractivity contribution in [2.75, 3.05) is 26.2 Å². The molecular weight excluding hydrogens is 366 g/mol. The Bertz CT molecular complexity index is 1220. The first kappa shape index (κ1) is 17.6. The smallest absolute Gasteiger partial charge is 0.149 e. The van der Waals surface area contributed by atoms with Gasteiger partial charge in [0.15, 0.2) is 0 Å². The molecule has 0 amide bonds. The van der Waals surface area contributed by atoms with E-state index in [0.717, 1.165) is 41.4 Å². The Kier molecular flexibility index (Phi) is 3.97. The van der Waals surface area contributed by atoms with Crippen LogP contribution in [-0.4, -0.2) is 65.0 Å². The van der Waals surface area contributed by atoms with Gasteiger partial charge in [-0.2, -0.15) is 10.2 Å². The average Bonchev–Trinajstić information content (AvgIpc) is 3.43. The number of rotatable bonds is 5. The molecule has 0 spiro atoms. The number of fused-ring (bicyclic) bond motifs is 1. The van der Waals surface area contributed by atoms with Crippen molar-refractivity contribution in [1.29, 1.82) is 0 Å². The minimum absolute atomic E-state index is 0.232. The first-order valence-electron chi connectivity index (χ1n) is 9.36. The summed E-state index contributed by atoms with van der Waals surface area (Å²) >= 11 is 0. The first-order valence-corrected chi connectivity index (χ1v) is 9.36. The molecule has 146 valence electrons. The molecule has 0 unspecified atom stereocenters. The number of nitrogens with zero attached hydrogens (tertiary/aromatic N) is 8. The van der Waals surface area contributed by atoms with Gasteiger partial charge in [-0.1, -0.05) is 5.92 Å². The number of nitrogens with two attached hydrogens (primary N) is 1. The van der Waals surface area contributed by atoms with Gasteiger partial charge >= 0.3 is 0 Å². The lowest BCUT2D eigenvalue weighted by Crippen LogP contribution is -2.66. The number of hydrogen-bond acceptors (Lipinski definition) is 6. The maximum Gasteiger partial charge on any atom is 0.149 e. The highest BCUT2D eigenvalue weighted by molar-refractivity contribution is 5.68. The second kappa shape index (κ2) is 6.55. The third-order valence-electron chi connectivity index (χ3n) is 5.45. The molecular formula is C20H21N9. The molecule has 1 saturated heterocycles. The molecule has 5 rings (SSSR count). The third-order valence-corrected chi connectivity index (χ3v) is 5.45. The van der Waals surface area contributed by atoms with Gasteiger partial charge in [0.25, 0.3) is 0 Å². The lowest BCUT2D eigenvalue weighted by atomic mass is 9.90. The number of imidazole rings is 1. The Morgan fingerprint density at radius 1 is 1.21 bits per heavy atom. The molecule has 0 bridgehead atoms. The highest BCUT2D eigenvalue weighted by atomic mass is 15.4. The number of terminal acetylenes is 1. The zero-order valence-corrected chi connectivity index (χ0v) is 16.1. The molecule has 29 heavy (non-hydrogen) atoms. The second-order valence-corrected chi connectivity index (χ2v) is 7.47. The molecule has 0 radical (unpaired) electrons. The van der Waals surface area contributed by atoms with Gasteiger partial charge in [-0.15, -0.1) is 6.42 Å². The Balaban J connectivity index is 1.55. The maximum atomic E-state index is 6.10. The Labute approximate surface area is 167 Å². The maximum absolute atomic E-state index is 6.10. The van der Waals surface area contributed by atoms with Crippen LogP contribution < -0.4 is 5.73 Å². The van der Waals surface area contributed by atoms with Crippen molar-refractivity contribution in [3.8, 4) is 35.0 Å². The second-order valence-electron chi connectivity index (χ2n) is 7.47. The summed E-state index contributed by atoms with van der Waals surface area (Å²) in [6.07, 6.45) is 16.7. The van der Waals surface area contributed by atoms with Gasteiger partial charge in [0, 0.05) is 63.1 Å². The summed E-state index contributed by atoms with van der Waals surface area (Å²) in [5.41, 5.74) is 9.35. The van der Waals surface area contributed by atoms with Crippen molar-refractivity contribution in [3.63, 3.8) is 0 Å². The molecule has 1 aliphatic heterocycles. The molecule has 0 aromatic carbocycles. The normalized spacial score (nSPS) is 16.0. The fourth-order valence-corrected chi connectivity index (χ4v) is 3.92. The van der Waals surface area contributed by atoms with E-state index in [2.05, 4.69) is 26.0 Å². The van der Waals surface area contributed by atoms with Gasteiger partial charge in [-0.3, -0.25) is 18.7 Å². The summed E-state index contributed by atoms with van der Waals surface area (Å²) in [5.74, 6) is 3.46. The molecule has 0 atom stereocenters. The van der Waals surface area contributed by atoms with Crippen LogP contribution in [-0.2, 0) is 12.6 Å². The van der Waals surface area contributed by atoms with Gasteiger partial charge in [-0.25, -0.2) is 9.97 Å². The monoisotopic (exact) mass is 387 g/mol. The third kappa shape index (κ3) is 2.81. The molecule has 4 aromatic rings. The van der Waals surface area contributed by atoms with E-state index in [1.165, 1.54) is 0 Å². The van der Waals surface area contributed by atoms with Gasteiger partial charge in [-0.05, 0) is 0 Å². The largest absolute Gasteiger partial charge is 0.328 e. The molecule has 0 aliphatic carbocycles. The van der Waals surface area contributed by atoms with E-state index in [1.807, 2.05) is 47.0 Å². The Morgan fingerprint density at radius 3 is 2.76 bits per heavy atom. The van der Waals surface area contributed by atoms with Crippen molar-refractivity contribution in [1.82, 2.24) is 38.8 Å². The molecule has 9 nitrogen and oxygen atoms in total. The van der Waals surface area contributed by atoms with Crippen LogP contribution >= 0.6 is 0 Å². The Hall–Kier alpha value is -3.48. The van der Waals surface area contributed by atoms with Crippen molar-refractivity contribution >= 4 is 5.65 Å². The molecule has 1 fully saturated rings. The topological polar surface area (TPSA) is 95.1 Å². The SMILES string of the molecule is C#CCN1CC(CN)(n2cc(-c3nc(-c4cnn(C)c4)cc4nccn34)cn2)C1. The van der Waals surface area contributed by atoms with Crippen molar-refractivity contribution in [2.24, 2.45) is 12.8 Å². The Morgan fingerprint density at radius 2 is 2.03 bits per heavy atom. The lowest BCUT2D eigenvalue weighted by Gasteiger charge is -2.48. The van der Waals surface area contributed by atoms with E-state index in [-0.39, 0.29) is 5.54 Å². The van der Waals surface area contributed by atoms with E-state index >= 15 is 0 Å². The summed E-state index contributed by atoms with van der Waals surface area (Å²) in [5, 5.41) is 8.87. The predicted molar refractivity (Wildman–Crippen MR) is 109 cm³/mol. The summed E-state index contributed by atoms with van der Waals surface area (Å²) in [7, 11) is 1.89. The van der Waals surface area contributed by atoms with E-state index in [1.54, 1.807) is 17.1 Å². The lowest BCUT2D eigenvalue weighted by molar-refractivity contribution is 0.0196. The molecule has 9 heteroatoms. The first-order chi connectivity index (χ1) is 14.1. The minimum atomic E-state index is -0.232. The number of aryl methyl sites for hydroxylation is 1. The minimum Gasteiger partial charge on any atom is -0.328 e. The fourth-order valence-electron chi connectivity index (χ4n) is 3.92. The van der Waals surface area contributed by atoms with Gasteiger partial charge in [0.2, 0.25) is 0 Å². The molecule has 5 heterocycles. The average molecular weight is 387 g/mol. The number of likely N-dealkylation sites (tertiary alicyclic amines) is 1. The fraction of sp³-hybridized carbons (Fsp3) is 0.300. The zero-order chi connectivity index (χ0) is 20.0. The summed E-state index contributed by atoms with van der Waals surface area (Å²) < 4.78 is 5.67. The number of hydrogen-bond donors (Lipinski definition) is 1. The number of aromatic nitrogens is 7. The van der Waals surface area contributed by atoms with Gasteiger partial charge in [0.1, 0.15) is 17.0 Å². The highest BCUT2D eigenvalue weighted by Crippen LogP contribution is 2.30. The van der Waals surface area contributed by atoms with Crippen LogP contribution in [0, 0.1) is 12.3 Å². The van der Waals surface area contributed by atoms with Gasteiger partial charge < -0.3 is 5.73 Å². The molecule has 0 saturated carbocycles. The van der Waals surface area contributed by atoms with Crippen molar-refractivity contribution in [2.45, 2.75) is 5.54 Å². The van der Waals surface area contributed by atoms with Crippen LogP contribution in [0.5, 0.6) is 0 Å². The van der Waals surface area contributed by atoms with E-state index < -0.39 is 0 Å². The quantitative estimate of drug-likeness (QED) is 0.504. The van der Waals surface area contributed by atoms with Crippen LogP contribution in [0.3, 0.4) is 0 Å². The molecule has 4 aromatic heterocycles. The van der Waals surface area contributed by atoms with Crippen molar-refractivity contribution < 1.29 is 0 Å². The van der Waals surface area contributed by atoms with Crippen molar-refractivity contribution in [3.05, 3.63) is 43.2 Å². The van der Waals surface area contributed by atoms with Crippen LogP contribution in [0.15, 0.2) is 43.2 Å². The van der Waals surface area contributed by atoms with Crippen LogP contribution in [0.1, 0.15) is 0 Å². The van der Waals surface area contributed by atoms with Crippen LogP contribution in [0.4, 0.5) is 0 Å². The zero-order valence-electron chi connectivity index (χ0n) is 16.1. The molecule has 1 aliphatic rings.